The molecular formula is C12H20O4S. The lowest BCUT2D eigenvalue weighted by Crippen LogP contribution is -2.28. The van der Waals surface area contributed by atoms with E-state index in [2.05, 4.69) is 24.5 Å². The van der Waals surface area contributed by atoms with Crippen LogP contribution in [-0.2, 0) is 9.53 Å². The molecule has 0 saturated heterocycles. The van der Waals surface area contributed by atoms with Crippen molar-refractivity contribution in [1.29, 1.82) is 0 Å². The second kappa shape index (κ2) is 6.90. The van der Waals surface area contributed by atoms with Crippen molar-refractivity contribution in [2.24, 2.45) is 0 Å². The van der Waals surface area contributed by atoms with Crippen LogP contribution in [0.2, 0.25) is 0 Å². The number of hydrogen-bond acceptors (Lipinski definition) is 4. The zero-order valence-corrected chi connectivity index (χ0v) is 11.5. The Morgan fingerprint density at radius 2 is 2.00 bits per heavy atom. The van der Waals surface area contributed by atoms with Crippen LogP contribution in [0.25, 0.3) is 0 Å². The normalized spacial score (nSPS) is 16.6. The summed E-state index contributed by atoms with van der Waals surface area (Å²) in [6, 6.07) is 0. The van der Waals surface area contributed by atoms with Crippen LogP contribution in [0.15, 0.2) is 0 Å². The summed E-state index contributed by atoms with van der Waals surface area (Å²) < 4.78 is 5.48. The van der Waals surface area contributed by atoms with Crippen LogP contribution in [0.1, 0.15) is 34.1 Å². The number of rotatable bonds is 5. The van der Waals surface area contributed by atoms with E-state index in [0.717, 1.165) is 0 Å². The molecule has 0 aliphatic carbocycles. The second-order valence-corrected chi connectivity index (χ2v) is 5.35. The first-order valence-corrected chi connectivity index (χ1v) is 5.94. The van der Waals surface area contributed by atoms with Crippen LogP contribution in [0.5, 0.6) is 0 Å². The zero-order valence-electron chi connectivity index (χ0n) is 10.6. The molecule has 0 rings (SSSR count). The highest BCUT2D eigenvalue weighted by molar-refractivity contribution is 7.81. The molecule has 0 spiro atoms. The predicted molar refractivity (Wildman–Crippen MR) is 69.1 cm³/mol. The molecule has 0 radical (unpaired) electrons. The van der Waals surface area contributed by atoms with Gasteiger partial charge in [0.2, 0.25) is 0 Å². The summed E-state index contributed by atoms with van der Waals surface area (Å²) in [5.74, 6) is 4.50. The molecule has 0 heterocycles. The first-order chi connectivity index (χ1) is 7.61. The van der Waals surface area contributed by atoms with Crippen molar-refractivity contribution in [3.63, 3.8) is 0 Å². The number of carboxylic acids is 1. The summed E-state index contributed by atoms with van der Waals surface area (Å²) in [5.41, 5.74) is -1.10. The number of thiol groups is 1. The van der Waals surface area contributed by atoms with Gasteiger partial charge in [0.15, 0.2) is 0 Å². The number of hydrogen-bond donors (Lipinski definition) is 3. The van der Waals surface area contributed by atoms with Gasteiger partial charge < -0.3 is 14.9 Å². The maximum atomic E-state index is 10.5. The third-order valence-electron chi connectivity index (χ3n) is 1.80. The Morgan fingerprint density at radius 3 is 2.35 bits per heavy atom. The summed E-state index contributed by atoms with van der Waals surface area (Å²) in [6.45, 7) is 6.62. The van der Waals surface area contributed by atoms with Crippen LogP contribution in [0.3, 0.4) is 0 Å². The largest absolute Gasteiger partial charge is 0.481 e. The highest BCUT2D eigenvalue weighted by Gasteiger charge is 2.18. The van der Waals surface area contributed by atoms with E-state index >= 15 is 0 Å². The molecule has 0 aromatic rings. The van der Waals surface area contributed by atoms with E-state index in [9.17, 15) is 9.90 Å². The molecule has 3 atom stereocenters. The quantitative estimate of drug-likeness (QED) is 0.515. The molecule has 0 aliphatic rings. The van der Waals surface area contributed by atoms with Crippen molar-refractivity contribution in [3.05, 3.63) is 0 Å². The van der Waals surface area contributed by atoms with Gasteiger partial charge in [-0.1, -0.05) is 18.8 Å². The van der Waals surface area contributed by atoms with Crippen LogP contribution in [0, 0.1) is 11.8 Å². The van der Waals surface area contributed by atoms with E-state index in [4.69, 9.17) is 9.84 Å². The summed E-state index contributed by atoms with van der Waals surface area (Å²) in [7, 11) is 0. The molecule has 0 aliphatic heterocycles. The van der Waals surface area contributed by atoms with Crippen molar-refractivity contribution in [3.8, 4) is 11.8 Å². The number of aliphatic hydroxyl groups is 1. The van der Waals surface area contributed by atoms with E-state index in [1.807, 2.05) is 0 Å². The van der Waals surface area contributed by atoms with Gasteiger partial charge in [0.1, 0.15) is 11.7 Å². The zero-order chi connectivity index (χ0) is 13.6. The number of carboxylic acid groups (broad SMARTS) is 1. The molecule has 17 heavy (non-hydrogen) atoms. The molecule has 98 valence electrons. The van der Waals surface area contributed by atoms with Gasteiger partial charge in [-0.2, -0.15) is 12.6 Å². The lowest BCUT2D eigenvalue weighted by Gasteiger charge is -2.20. The molecule has 0 fully saturated rings. The smallest absolute Gasteiger partial charge is 0.305 e. The van der Waals surface area contributed by atoms with E-state index in [-0.39, 0.29) is 11.7 Å². The van der Waals surface area contributed by atoms with Crippen LogP contribution < -0.4 is 0 Å². The Kier molecular flexibility index (Phi) is 6.61. The van der Waals surface area contributed by atoms with Gasteiger partial charge in [0, 0.05) is 5.25 Å². The molecule has 0 aromatic heterocycles. The van der Waals surface area contributed by atoms with Gasteiger partial charge >= 0.3 is 5.97 Å². The monoisotopic (exact) mass is 260 g/mol. The van der Waals surface area contributed by atoms with Crippen LogP contribution >= 0.6 is 12.6 Å². The Hall–Kier alpha value is -0.700. The molecule has 4 nitrogen and oxygen atoms in total. The van der Waals surface area contributed by atoms with E-state index in [0.29, 0.717) is 0 Å². The molecule has 0 saturated carbocycles. The summed E-state index contributed by atoms with van der Waals surface area (Å²) >= 11 is 4.23. The average molecular weight is 260 g/mol. The third-order valence-corrected chi connectivity index (χ3v) is 2.07. The fourth-order valence-electron chi connectivity index (χ4n) is 1.06. The van der Waals surface area contributed by atoms with Crippen molar-refractivity contribution in [2.45, 2.75) is 57.2 Å². The first-order valence-electron chi connectivity index (χ1n) is 5.42. The topological polar surface area (TPSA) is 66.8 Å². The molecule has 0 unspecified atom stereocenters. The van der Waals surface area contributed by atoms with Gasteiger partial charge in [-0.05, 0) is 20.8 Å². The van der Waals surface area contributed by atoms with Crippen LogP contribution in [0.4, 0.5) is 0 Å². The SMILES string of the molecule is C[C@H](CC(=O)O)O[C@H](C#CC(C)(C)O)[C@@H](C)S. The Labute approximate surface area is 108 Å². The Morgan fingerprint density at radius 1 is 1.47 bits per heavy atom. The average Bonchev–Trinajstić information content (AvgIpc) is 2.08. The Bertz CT molecular complexity index is 309. The maximum absolute atomic E-state index is 10.5. The van der Waals surface area contributed by atoms with Crippen molar-refractivity contribution in [1.82, 2.24) is 0 Å². The van der Waals surface area contributed by atoms with E-state index < -0.39 is 23.8 Å². The lowest BCUT2D eigenvalue weighted by molar-refractivity contribution is -0.140. The lowest BCUT2D eigenvalue weighted by atomic mass is 10.1. The van der Waals surface area contributed by atoms with Gasteiger partial charge in [-0.3, -0.25) is 4.79 Å². The standard InChI is InChI=1S/C12H20O4S/c1-8(7-11(13)14)16-10(9(2)17)5-6-12(3,4)15/h8-10,15,17H,7H2,1-4H3,(H,13,14)/t8-,9-,10-/m1/s1. The predicted octanol–water partition coefficient (Wildman–Crippen LogP) is 1.33. The second-order valence-electron chi connectivity index (χ2n) is 4.53. The highest BCUT2D eigenvalue weighted by atomic mass is 32.1. The van der Waals surface area contributed by atoms with Gasteiger partial charge in [0.05, 0.1) is 12.5 Å². The summed E-state index contributed by atoms with van der Waals surface area (Å²) in [5, 5.41) is 17.9. The van der Waals surface area contributed by atoms with Crippen LogP contribution in [-0.4, -0.2) is 39.2 Å². The molecule has 2 N–H and O–H groups in total. The molecule has 5 heteroatoms. The fourth-order valence-corrected chi connectivity index (χ4v) is 1.21. The van der Waals surface area contributed by atoms with Crippen molar-refractivity contribution in [2.75, 3.05) is 0 Å². The summed E-state index contributed by atoms with van der Waals surface area (Å²) in [4.78, 5) is 10.5. The van der Waals surface area contributed by atoms with Crippen molar-refractivity contribution < 1.29 is 19.7 Å². The Balaban J connectivity index is 4.54. The van der Waals surface area contributed by atoms with Crippen molar-refractivity contribution >= 4 is 18.6 Å². The number of aliphatic carboxylic acids is 1. The number of carbonyl (C=O) groups is 1. The molecular weight excluding hydrogens is 240 g/mol. The minimum Gasteiger partial charge on any atom is -0.481 e. The van der Waals surface area contributed by atoms with E-state index in [1.165, 1.54) is 0 Å². The maximum Gasteiger partial charge on any atom is 0.305 e. The molecule has 0 bridgehead atoms. The third kappa shape index (κ3) is 9.04. The van der Waals surface area contributed by atoms with Gasteiger partial charge in [0.25, 0.3) is 0 Å². The first kappa shape index (κ1) is 16.3. The van der Waals surface area contributed by atoms with Gasteiger partial charge in [-0.25, -0.2) is 0 Å². The summed E-state index contributed by atoms with van der Waals surface area (Å²) in [6.07, 6.45) is -1.02. The van der Waals surface area contributed by atoms with Gasteiger partial charge in [-0.15, -0.1) is 0 Å². The molecule has 0 amide bonds. The minimum absolute atomic E-state index is 0.0821. The minimum atomic E-state index is -1.10. The van der Waals surface area contributed by atoms with E-state index in [1.54, 1.807) is 27.7 Å². The molecule has 0 aromatic carbocycles. The number of ether oxygens (including phenoxy) is 1. The highest BCUT2D eigenvalue weighted by Crippen LogP contribution is 2.11. The fraction of sp³-hybridized carbons (Fsp3) is 0.750.